The van der Waals surface area contributed by atoms with E-state index in [2.05, 4.69) is 10.3 Å². The van der Waals surface area contributed by atoms with Crippen LogP contribution in [0.3, 0.4) is 0 Å². The summed E-state index contributed by atoms with van der Waals surface area (Å²) in [6.07, 6.45) is 0.580. The van der Waals surface area contributed by atoms with Crippen molar-refractivity contribution in [1.29, 1.82) is 0 Å². The fraction of sp³-hybridized carbons (Fsp3) is 0.0606. The summed E-state index contributed by atoms with van der Waals surface area (Å²) >= 11 is 11.6. The molecule has 0 aliphatic carbocycles. The standard InChI is InChI=1S/C15H11FN2S.C9H8ClFO.C7H7NS.2CO2/c16-12-8-4-5-9-13(12)17-14-10-19-15(18-14)11-6-2-1-3-7-11;10-6-8(12)5-7-3-1-2-4-9(7)11;8-7(9)6-4-2-1-3-5-6;2*2-1-3/h1-10,17H;1-4H,5-6H2;1-5H,(H2,8,9);;. The molecule has 3 N–H and O–H groups in total. The van der Waals surface area contributed by atoms with E-state index < -0.39 is 0 Å². The zero-order chi connectivity index (χ0) is 34.2. The lowest BCUT2D eigenvalue weighted by atomic mass is 10.1. The molecule has 236 valence electrons. The Kier molecular flexibility index (Phi) is 19.6. The molecule has 0 radical (unpaired) electrons. The van der Waals surface area contributed by atoms with E-state index in [1.165, 1.54) is 23.5 Å². The molecule has 1 aromatic heterocycles. The van der Waals surface area contributed by atoms with Gasteiger partial charge in [-0.2, -0.15) is 19.2 Å². The van der Waals surface area contributed by atoms with Crippen LogP contribution in [-0.4, -0.2) is 33.9 Å². The summed E-state index contributed by atoms with van der Waals surface area (Å²) in [5.74, 6) is -0.197. The number of anilines is 2. The number of benzene rings is 4. The molecule has 5 rings (SSSR count). The van der Waals surface area contributed by atoms with E-state index in [1.807, 2.05) is 66.0 Å². The Morgan fingerprint density at radius 2 is 1.30 bits per heavy atom. The number of thiazole rings is 1. The predicted molar refractivity (Wildman–Crippen MR) is 175 cm³/mol. The van der Waals surface area contributed by atoms with Gasteiger partial charge in [-0.25, -0.2) is 13.8 Å². The smallest absolute Gasteiger partial charge is 0.373 e. The Bertz CT molecular complexity index is 1700. The number of carbonyl (C=O) groups is 1. The second-order valence-corrected chi connectivity index (χ2v) is 9.91. The van der Waals surface area contributed by atoms with E-state index in [-0.39, 0.29) is 42.0 Å². The van der Waals surface area contributed by atoms with Crippen LogP contribution in [-0.2, 0) is 30.4 Å². The van der Waals surface area contributed by atoms with E-state index in [4.69, 9.17) is 48.7 Å². The van der Waals surface area contributed by atoms with Crippen LogP contribution in [0, 0.1) is 11.6 Å². The van der Waals surface area contributed by atoms with Gasteiger partial charge in [0.05, 0.1) is 11.6 Å². The summed E-state index contributed by atoms with van der Waals surface area (Å²) in [6, 6.07) is 32.2. The van der Waals surface area contributed by atoms with Gasteiger partial charge in [-0.15, -0.1) is 22.9 Å². The molecule has 1 heterocycles. The molecule has 0 bridgehead atoms. The van der Waals surface area contributed by atoms with Crippen molar-refractivity contribution in [1.82, 2.24) is 4.98 Å². The number of nitrogens with one attached hydrogen (secondary N) is 1. The van der Waals surface area contributed by atoms with E-state index in [0.29, 0.717) is 22.1 Å². The van der Waals surface area contributed by atoms with E-state index >= 15 is 0 Å². The number of nitrogens with two attached hydrogens (primary N) is 1. The maximum Gasteiger partial charge on any atom is 0.373 e. The number of nitrogens with zero attached hydrogens (tertiary/aromatic N) is 1. The molecular weight excluding hydrogens is 656 g/mol. The number of Topliss-reactive ketones (excluding diaryl/α,β-unsaturated/α-hetero) is 1. The summed E-state index contributed by atoms with van der Waals surface area (Å²) in [5, 5.41) is 5.79. The topological polar surface area (TPSA) is 136 Å². The molecule has 0 saturated heterocycles. The first-order valence-corrected chi connectivity index (χ1v) is 14.7. The number of thiocarbonyl (C=S) groups is 1. The minimum Gasteiger partial charge on any atom is -0.389 e. The molecule has 0 unspecified atom stereocenters. The van der Waals surface area contributed by atoms with Gasteiger partial charge in [-0.1, -0.05) is 103 Å². The van der Waals surface area contributed by atoms with Crippen molar-refractivity contribution in [3.8, 4) is 10.6 Å². The number of aromatic nitrogens is 1. The SMILES string of the molecule is Fc1ccccc1Nc1csc(-c2ccccc2)n1.NC(=S)c1ccccc1.O=C(CCl)Cc1ccccc1F.O=C=O.O=C=O. The van der Waals surface area contributed by atoms with Gasteiger partial charge >= 0.3 is 12.3 Å². The summed E-state index contributed by atoms with van der Waals surface area (Å²) in [7, 11) is 0. The van der Waals surface area contributed by atoms with Crippen molar-refractivity contribution in [2.45, 2.75) is 6.42 Å². The Morgan fingerprint density at radius 3 is 1.80 bits per heavy atom. The Labute approximate surface area is 277 Å². The van der Waals surface area contributed by atoms with Gasteiger partial charge in [0, 0.05) is 22.9 Å². The average molecular weight is 682 g/mol. The van der Waals surface area contributed by atoms with Gasteiger partial charge in [0.2, 0.25) is 0 Å². The molecule has 4 aromatic carbocycles. The number of ketones is 1. The summed E-state index contributed by atoms with van der Waals surface area (Å²) < 4.78 is 26.4. The second-order valence-electron chi connectivity index (χ2n) is 8.35. The van der Waals surface area contributed by atoms with Crippen molar-refractivity contribution < 1.29 is 32.8 Å². The van der Waals surface area contributed by atoms with E-state index in [1.54, 1.807) is 36.4 Å². The van der Waals surface area contributed by atoms with Gasteiger partial charge in [0.15, 0.2) is 5.78 Å². The maximum atomic E-state index is 13.5. The first-order valence-electron chi connectivity index (χ1n) is 12.9. The first kappa shape index (κ1) is 38.8. The molecule has 0 amide bonds. The third kappa shape index (κ3) is 15.5. The van der Waals surface area contributed by atoms with Crippen LogP contribution < -0.4 is 11.1 Å². The van der Waals surface area contributed by atoms with Crippen LogP contribution in [0.1, 0.15) is 11.1 Å². The van der Waals surface area contributed by atoms with Crippen LogP contribution in [0.15, 0.2) is 115 Å². The number of hydrogen-bond donors (Lipinski definition) is 2. The zero-order valence-electron chi connectivity index (χ0n) is 23.9. The number of rotatable bonds is 7. The molecule has 0 fully saturated rings. The Balaban J connectivity index is 0.000000337. The highest BCUT2D eigenvalue weighted by Crippen LogP contribution is 2.27. The molecule has 0 aliphatic rings. The fourth-order valence-corrected chi connectivity index (χ4v) is 4.24. The van der Waals surface area contributed by atoms with Gasteiger partial charge < -0.3 is 11.1 Å². The number of carbonyl (C=O) groups excluding carboxylic acids is 5. The molecule has 0 atom stereocenters. The van der Waals surface area contributed by atoms with Crippen molar-refractivity contribution in [3.63, 3.8) is 0 Å². The lowest BCUT2D eigenvalue weighted by Crippen LogP contribution is -2.08. The van der Waals surface area contributed by atoms with Gasteiger partial charge in [0.1, 0.15) is 27.4 Å². The highest BCUT2D eigenvalue weighted by Gasteiger charge is 2.07. The molecule has 0 spiro atoms. The zero-order valence-corrected chi connectivity index (χ0v) is 26.3. The first-order chi connectivity index (χ1) is 22.2. The third-order valence-electron chi connectivity index (χ3n) is 5.21. The van der Waals surface area contributed by atoms with Crippen LogP contribution >= 0.6 is 35.2 Å². The fourth-order valence-electron chi connectivity index (χ4n) is 3.25. The molecule has 13 heteroatoms. The van der Waals surface area contributed by atoms with Crippen molar-refractivity contribution >= 4 is 69.7 Å². The lowest BCUT2D eigenvalue weighted by Gasteiger charge is -2.03. The normalized spacial score (nSPS) is 8.93. The van der Waals surface area contributed by atoms with Crippen LogP contribution in [0.5, 0.6) is 0 Å². The predicted octanol–water partition coefficient (Wildman–Crippen LogP) is 7.02. The number of hydrogen-bond acceptors (Lipinski definition) is 9. The van der Waals surface area contributed by atoms with E-state index in [0.717, 1.165) is 16.1 Å². The summed E-state index contributed by atoms with van der Waals surface area (Å²) in [4.78, 5) is 48.2. The number of para-hydroxylation sites is 1. The Morgan fingerprint density at radius 1 is 0.804 bits per heavy atom. The highest BCUT2D eigenvalue weighted by molar-refractivity contribution is 7.80. The quantitative estimate of drug-likeness (QED) is 0.137. The van der Waals surface area contributed by atoms with Gasteiger partial charge in [-0.3, -0.25) is 4.79 Å². The highest BCUT2D eigenvalue weighted by atomic mass is 35.5. The average Bonchev–Trinajstić information content (AvgIpc) is 3.54. The van der Waals surface area contributed by atoms with Crippen LogP contribution in [0.25, 0.3) is 10.6 Å². The second kappa shape index (κ2) is 23.2. The van der Waals surface area contributed by atoms with Crippen molar-refractivity contribution in [3.05, 3.63) is 137 Å². The largest absolute Gasteiger partial charge is 0.389 e. The molecular formula is C33H26ClF2N3O5S2. The van der Waals surface area contributed by atoms with Crippen LogP contribution in [0.4, 0.5) is 20.3 Å². The molecule has 46 heavy (non-hydrogen) atoms. The molecule has 0 aliphatic heterocycles. The lowest BCUT2D eigenvalue weighted by molar-refractivity contribution is -0.193. The molecule has 8 nitrogen and oxygen atoms in total. The van der Waals surface area contributed by atoms with Crippen molar-refractivity contribution in [2.75, 3.05) is 11.2 Å². The van der Waals surface area contributed by atoms with E-state index in [9.17, 15) is 13.6 Å². The minimum absolute atomic E-state index is 0.0612. The van der Waals surface area contributed by atoms with Crippen molar-refractivity contribution in [2.24, 2.45) is 5.73 Å². The maximum absolute atomic E-state index is 13.5. The number of halogens is 3. The summed E-state index contributed by atoms with van der Waals surface area (Å²) in [5.41, 5.74) is 8.18. The number of alkyl halides is 1. The third-order valence-corrected chi connectivity index (χ3v) is 6.64. The summed E-state index contributed by atoms with van der Waals surface area (Å²) in [6.45, 7) is 0. The molecule has 0 saturated carbocycles. The molecule has 5 aromatic rings. The minimum atomic E-state index is -0.351. The van der Waals surface area contributed by atoms with Gasteiger partial charge in [0.25, 0.3) is 0 Å². The Hall–Kier alpha value is -5.22. The monoisotopic (exact) mass is 681 g/mol. The van der Waals surface area contributed by atoms with Gasteiger partial charge in [-0.05, 0) is 23.8 Å². The van der Waals surface area contributed by atoms with Crippen LogP contribution in [0.2, 0.25) is 0 Å².